The summed E-state index contributed by atoms with van der Waals surface area (Å²) >= 11 is 0. The lowest BCUT2D eigenvalue weighted by Gasteiger charge is -2.32. The van der Waals surface area contributed by atoms with Crippen molar-refractivity contribution < 1.29 is 14.3 Å². The van der Waals surface area contributed by atoms with Crippen LogP contribution in [0.1, 0.15) is 51.6 Å². The van der Waals surface area contributed by atoms with Gasteiger partial charge in [0.05, 0.1) is 13.2 Å². The molecule has 0 unspecified atom stereocenters. The maximum Gasteiger partial charge on any atom is 0.261 e. The van der Waals surface area contributed by atoms with Crippen LogP contribution in [0.4, 0.5) is 5.69 Å². The van der Waals surface area contributed by atoms with Gasteiger partial charge in [0.2, 0.25) is 0 Å². The molecule has 2 aromatic carbocycles. The van der Waals surface area contributed by atoms with Gasteiger partial charge < -0.3 is 19.7 Å². The van der Waals surface area contributed by atoms with Gasteiger partial charge in [-0.3, -0.25) is 4.79 Å². The Morgan fingerprint density at radius 1 is 1.07 bits per heavy atom. The zero-order valence-electron chi connectivity index (χ0n) is 18.6. The number of hydrogen-bond donors (Lipinski definition) is 1. The molecule has 0 spiro atoms. The van der Waals surface area contributed by atoms with E-state index in [1.807, 2.05) is 38.1 Å². The van der Waals surface area contributed by atoms with E-state index in [9.17, 15) is 4.79 Å². The van der Waals surface area contributed by atoms with Crippen LogP contribution in [0.15, 0.2) is 48.5 Å². The third-order valence-electron chi connectivity index (χ3n) is 5.90. The first-order chi connectivity index (χ1) is 14.5. The number of rotatable bonds is 8. The van der Waals surface area contributed by atoms with Crippen LogP contribution in [0.25, 0.3) is 0 Å². The molecule has 2 aromatic rings. The summed E-state index contributed by atoms with van der Waals surface area (Å²) in [5, 5.41) is 3.09. The van der Waals surface area contributed by atoms with E-state index in [4.69, 9.17) is 9.47 Å². The molecule has 0 bridgehead atoms. The Hall–Kier alpha value is -2.69. The van der Waals surface area contributed by atoms with Crippen LogP contribution in [0.3, 0.4) is 0 Å². The molecule has 0 aliphatic carbocycles. The van der Waals surface area contributed by atoms with Crippen LogP contribution in [-0.4, -0.2) is 32.2 Å². The van der Waals surface area contributed by atoms with Crippen LogP contribution in [0, 0.1) is 5.92 Å². The quantitative estimate of drug-likeness (QED) is 0.668. The number of nitrogens with zero attached hydrogens (tertiary/aromatic N) is 1. The molecule has 1 amide bonds. The molecule has 1 aliphatic rings. The van der Waals surface area contributed by atoms with Crippen molar-refractivity contribution in [1.29, 1.82) is 0 Å². The number of hydrogen-bond acceptors (Lipinski definition) is 4. The second-order valence-corrected chi connectivity index (χ2v) is 8.18. The van der Waals surface area contributed by atoms with Gasteiger partial charge in [-0.05, 0) is 74.1 Å². The first-order valence-corrected chi connectivity index (χ1v) is 11.0. The van der Waals surface area contributed by atoms with Gasteiger partial charge in [-0.25, -0.2) is 0 Å². The van der Waals surface area contributed by atoms with Crippen LogP contribution in [0.2, 0.25) is 0 Å². The van der Waals surface area contributed by atoms with E-state index in [0.29, 0.717) is 12.2 Å². The van der Waals surface area contributed by atoms with E-state index in [1.54, 1.807) is 7.11 Å². The number of ether oxygens (including phenoxy) is 2. The fourth-order valence-corrected chi connectivity index (χ4v) is 3.77. The van der Waals surface area contributed by atoms with Crippen molar-refractivity contribution in [3.05, 3.63) is 54.1 Å². The predicted molar refractivity (Wildman–Crippen MR) is 121 cm³/mol. The molecule has 5 nitrogen and oxygen atoms in total. The van der Waals surface area contributed by atoms with Gasteiger partial charge in [-0.2, -0.15) is 0 Å². The molecule has 162 valence electrons. The minimum Gasteiger partial charge on any atom is -0.497 e. The van der Waals surface area contributed by atoms with Crippen molar-refractivity contribution in [3.63, 3.8) is 0 Å². The summed E-state index contributed by atoms with van der Waals surface area (Å²) < 4.78 is 11.1. The normalized spacial score (nSPS) is 16.6. The molecule has 3 rings (SSSR count). The van der Waals surface area contributed by atoms with E-state index in [1.165, 1.54) is 18.5 Å². The first-order valence-electron chi connectivity index (χ1n) is 11.0. The van der Waals surface area contributed by atoms with Crippen LogP contribution >= 0.6 is 0 Å². The summed E-state index contributed by atoms with van der Waals surface area (Å²) in [5.41, 5.74) is 2.36. The van der Waals surface area contributed by atoms with Gasteiger partial charge in [-0.15, -0.1) is 0 Å². The van der Waals surface area contributed by atoms with Crippen molar-refractivity contribution in [2.24, 2.45) is 5.92 Å². The molecule has 30 heavy (non-hydrogen) atoms. The number of piperidine rings is 1. The molecule has 5 heteroatoms. The Bertz CT molecular complexity index is 796. The number of carbonyl (C=O) groups excluding carboxylic acids is 1. The topological polar surface area (TPSA) is 50.8 Å². The van der Waals surface area contributed by atoms with Crippen molar-refractivity contribution in [3.8, 4) is 11.5 Å². The second-order valence-electron chi connectivity index (χ2n) is 8.18. The summed E-state index contributed by atoms with van der Waals surface area (Å²) in [5.74, 6) is 2.14. The third-order valence-corrected chi connectivity index (χ3v) is 5.90. The van der Waals surface area contributed by atoms with Crippen LogP contribution in [0.5, 0.6) is 11.5 Å². The number of benzene rings is 2. The Labute approximate surface area is 180 Å². The van der Waals surface area contributed by atoms with Gasteiger partial charge in [0.25, 0.3) is 5.91 Å². The fourth-order valence-electron chi connectivity index (χ4n) is 3.77. The molecule has 0 aromatic heterocycles. The smallest absolute Gasteiger partial charge is 0.261 e. The van der Waals surface area contributed by atoms with Gasteiger partial charge in [0, 0.05) is 18.8 Å². The largest absolute Gasteiger partial charge is 0.497 e. The highest BCUT2D eigenvalue weighted by atomic mass is 16.5. The number of carbonyl (C=O) groups is 1. The highest BCUT2D eigenvalue weighted by Gasteiger charge is 2.21. The molecular weight excluding hydrogens is 376 g/mol. The summed E-state index contributed by atoms with van der Waals surface area (Å²) in [6, 6.07) is 15.8. The van der Waals surface area contributed by atoms with E-state index >= 15 is 0 Å². The molecule has 1 aliphatic heterocycles. The highest BCUT2D eigenvalue weighted by molar-refractivity contribution is 5.81. The maximum absolute atomic E-state index is 12.8. The van der Waals surface area contributed by atoms with Crippen LogP contribution < -0.4 is 19.7 Å². The molecule has 0 saturated carbocycles. The number of amides is 1. The minimum absolute atomic E-state index is 0.0820. The zero-order valence-corrected chi connectivity index (χ0v) is 18.6. The number of methoxy groups -OCH3 is 1. The Morgan fingerprint density at radius 2 is 1.67 bits per heavy atom. The molecule has 1 heterocycles. The highest BCUT2D eigenvalue weighted by Crippen LogP contribution is 2.25. The summed E-state index contributed by atoms with van der Waals surface area (Å²) in [6.45, 7) is 8.52. The van der Waals surface area contributed by atoms with E-state index in [2.05, 4.69) is 41.4 Å². The second kappa shape index (κ2) is 10.4. The van der Waals surface area contributed by atoms with Gasteiger partial charge in [0.15, 0.2) is 6.10 Å². The lowest BCUT2D eigenvalue weighted by atomic mass is 9.98. The van der Waals surface area contributed by atoms with Crippen molar-refractivity contribution in [1.82, 2.24) is 5.32 Å². The standard InChI is InChI=1S/C25H34N2O3/c1-5-24(30-23-12-10-22(29-4)11-13-23)25(28)26-19(3)20-6-8-21(9-7-20)27-16-14-18(2)15-17-27/h6-13,18-19,24H,5,14-17H2,1-4H3,(H,26,28)/t19-,24+/m0/s1. The Balaban J connectivity index is 1.56. The van der Waals surface area contributed by atoms with E-state index in [-0.39, 0.29) is 11.9 Å². The summed E-state index contributed by atoms with van der Waals surface area (Å²) in [6.07, 6.45) is 2.56. The number of anilines is 1. The lowest BCUT2D eigenvalue weighted by Crippen LogP contribution is -2.39. The summed E-state index contributed by atoms with van der Waals surface area (Å²) in [4.78, 5) is 15.2. The van der Waals surface area contributed by atoms with Crippen molar-refractivity contribution in [2.45, 2.75) is 52.2 Å². The molecule has 2 atom stereocenters. The van der Waals surface area contributed by atoms with E-state index in [0.717, 1.165) is 30.3 Å². The maximum atomic E-state index is 12.8. The van der Waals surface area contributed by atoms with E-state index < -0.39 is 6.10 Å². The first kappa shape index (κ1) is 22.0. The van der Waals surface area contributed by atoms with Crippen LogP contribution in [-0.2, 0) is 4.79 Å². The molecular formula is C25H34N2O3. The molecule has 1 N–H and O–H groups in total. The third kappa shape index (κ3) is 5.68. The molecule has 1 saturated heterocycles. The van der Waals surface area contributed by atoms with Crippen molar-refractivity contribution in [2.75, 3.05) is 25.1 Å². The average Bonchev–Trinajstić information content (AvgIpc) is 2.78. The Kier molecular flexibility index (Phi) is 7.61. The SMILES string of the molecule is CC[C@@H](Oc1ccc(OC)cc1)C(=O)N[C@@H](C)c1ccc(N2CCC(C)CC2)cc1. The van der Waals surface area contributed by atoms with Crippen molar-refractivity contribution >= 4 is 11.6 Å². The molecule has 1 fully saturated rings. The monoisotopic (exact) mass is 410 g/mol. The van der Waals surface area contributed by atoms with Gasteiger partial charge in [-0.1, -0.05) is 26.0 Å². The van der Waals surface area contributed by atoms with Gasteiger partial charge >= 0.3 is 0 Å². The van der Waals surface area contributed by atoms with Gasteiger partial charge in [0.1, 0.15) is 11.5 Å². The average molecular weight is 411 g/mol. The predicted octanol–water partition coefficient (Wildman–Crippen LogP) is 4.97. The minimum atomic E-state index is -0.532. The Morgan fingerprint density at radius 3 is 2.23 bits per heavy atom. The fraction of sp³-hybridized carbons (Fsp3) is 0.480. The number of nitrogens with one attached hydrogen (secondary N) is 1. The molecule has 0 radical (unpaired) electrons. The summed E-state index contributed by atoms with van der Waals surface area (Å²) in [7, 11) is 1.62. The lowest BCUT2D eigenvalue weighted by molar-refractivity contribution is -0.128. The zero-order chi connectivity index (χ0) is 21.5.